The van der Waals surface area contributed by atoms with Crippen LogP contribution in [0.5, 0.6) is 0 Å². The van der Waals surface area contributed by atoms with Crippen molar-refractivity contribution in [2.75, 3.05) is 11.5 Å². The molecular formula is C15H17NO2S. The van der Waals surface area contributed by atoms with Crippen LogP contribution in [-0.2, 0) is 16.3 Å². The lowest BCUT2D eigenvalue weighted by molar-refractivity contribution is 0.593. The molecule has 0 saturated heterocycles. The van der Waals surface area contributed by atoms with Crippen molar-refractivity contribution < 1.29 is 8.42 Å². The van der Waals surface area contributed by atoms with Crippen LogP contribution in [0.25, 0.3) is 0 Å². The van der Waals surface area contributed by atoms with E-state index in [1.165, 1.54) is 6.07 Å². The highest BCUT2D eigenvalue weighted by Gasteiger charge is 2.13. The zero-order valence-corrected chi connectivity index (χ0v) is 11.4. The summed E-state index contributed by atoms with van der Waals surface area (Å²) in [5.41, 5.74) is 7.24. The summed E-state index contributed by atoms with van der Waals surface area (Å²) in [6.45, 7) is 0. The van der Waals surface area contributed by atoms with Gasteiger partial charge < -0.3 is 5.73 Å². The van der Waals surface area contributed by atoms with E-state index >= 15 is 0 Å². The van der Waals surface area contributed by atoms with Crippen molar-refractivity contribution >= 4 is 15.5 Å². The summed E-state index contributed by atoms with van der Waals surface area (Å²) in [5.74, 6) is 0.144. The zero-order valence-electron chi connectivity index (χ0n) is 10.6. The lowest BCUT2D eigenvalue weighted by atomic mass is 10.1. The average Bonchev–Trinajstić information content (AvgIpc) is 2.40. The molecule has 0 unspecified atom stereocenters. The van der Waals surface area contributed by atoms with Gasteiger partial charge >= 0.3 is 0 Å². The molecule has 0 aliphatic heterocycles. The number of nitrogens with two attached hydrogens (primary N) is 1. The molecule has 0 bridgehead atoms. The summed E-state index contributed by atoms with van der Waals surface area (Å²) < 4.78 is 24.2. The van der Waals surface area contributed by atoms with Gasteiger partial charge in [0.25, 0.3) is 0 Å². The van der Waals surface area contributed by atoms with Crippen LogP contribution in [0, 0.1) is 0 Å². The number of anilines is 1. The molecule has 0 fully saturated rings. The minimum absolute atomic E-state index is 0.144. The number of hydrogen-bond acceptors (Lipinski definition) is 3. The summed E-state index contributed by atoms with van der Waals surface area (Å²) in [7, 11) is -3.23. The molecule has 0 atom stereocenters. The summed E-state index contributed by atoms with van der Waals surface area (Å²) in [5, 5.41) is 0. The molecule has 0 aliphatic carbocycles. The number of aryl methyl sites for hydroxylation is 1. The van der Waals surface area contributed by atoms with Crippen LogP contribution >= 0.6 is 0 Å². The van der Waals surface area contributed by atoms with E-state index < -0.39 is 9.84 Å². The predicted octanol–water partition coefficient (Wildman–Crippen LogP) is 2.68. The van der Waals surface area contributed by atoms with Gasteiger partial charge in [-0.15, -0.1) is 0 Å². The van der Waals surface area contributed by atoms with Gasteiger partial charge in [-0.2, -0.15) is 0 Å². The molecular weight excluding hydrogens is 258 g/mol. The molecule has 2 aromatic rings. The molecule has 2 aromatic carbocycles. The Balaban J connectivity index is 1.99. The Bertz CT molecular complexity index is 636. The highest BCUT2D eigenvalue weighted by atomic mass is 32.2. The quantitative estimate of drug-likeness (QED) is 0.853. The first-order valence-electron chi connectivity index (χ1n) is 6.20. The molecule has 2 rings (SSSR count). The molecule has 0 radical (unpaired) electrons. The van der Waals surface area contributed by atoms with Crippen LogP contribution in [0.3, 0.4) is 0 Å². The van der Waals surface area contributed by atoms with Crippen molar-refractivity contribution in [2.24, 2.45) is 0 Å². The third-order valence-electron chi connectivity index (χ3n) is 2.94. The fourth-order valence-electron chi connectivity index (χ4n) is 1.94. The van der Waals surface area contributed by atoms with E-state index in [1.807, 2.05) is 30.3 Å². The van der Waals surface area contributed by atoms with Crippen LogP contribution < -0.4 is 5.73 Å². The lowest BCUT2D eigenvalue weighted by Crippen LogP contribution is -2.08. The van der Waals surface area contributed by atoms with Gasteiger partial charge in [0.05, 0.1) is 10.6 Å². The molecule has 19 heavy (non-hydrogen) atoms. The Morgan fingerprint density at radius 1 is 0.947 bits per heavy atom. The van der Waals surface area contributed by atoms with E-state index in [9.17, 15) is 8.42 Å². The van der Waals surface area contributed by atoms with Gasteiger partial charge in [0, 0.05) is 5.69 Å². The molecule has 0 heterocycles. The van der Waals surface area contributed by atoms with E-state index in [-0.39, 0.29) is 5.75 Å². The molecule has 0 aromatic heterocycles. The average molecular weight is 275 g/mol. The van der Waals surface area contributed by atoms with Gasteiger partial charge in [-0.25, -0.2) is 8.42 Å². The lowest BCUT2D eigenvalue weighted by Gasteiger charge is -2.05. The maximum Gasteiger partial charge on any atom is 0.178 e. The second-order valence-electron chi connectivity index (χ2n) is 4.48. The monoisotopic (exact) mass is 275 g/mol. The third-order valence-corrected chi connectivity index (χ3v) is 4.74. The molecule has 2 N–H and O–H groups in total. The maximum absolute atomic E-state index is 12.1. The van der Waals surface area contributed by atoms with Crippen LogP contribution in [0.1, 0.15) is 12.0 Å². The first-order chi connectivity index (χ1) is 9.08. The maximum atomic E-state index is 12.1. The number of sulfone groups is 1. The minimum Gasteiger partial charge on any atom is -0.399 e. The first kappa shape index (κ1) is 13.6. The van der Waals surface area contributed by atoms with Crippen molar-refractivity contribution in [3.05, 3.63) is 60.2 Å². The molecule has 4 heteroatoms. The van der Waals surface area contributed by atoms with E-state index in [1.54, 1.807) is 18.2 Å². The van der Waals surface area contributed by atoms with Crippen molar-refractivity contribution in [3.8, 4) is 0 Å². The molecule has 0 aliphatic rings. The topological polar surface area (TPSA) is 60.2 Å². The Labute approximate surface area is 114 Å². The van der Waals surface area contributed by atoms with Crippen molar-refractivity contribution in [2.45, 2.75) is 17.7 Å². The van der Waals surface area contributed by atoms with E-state index in [0.29, 0.717) is 17.0 Å². The number of benzene rings is 2. The zero-order chi connectivity index (χ0) is 13.7. The standard InChI is InChI=1S/C15H17NO2S/c16-14-9-4-10-15(12-14)19(17,18)11-5-8-13-6-2-1-3-7-13/h1-4,6-7,9-10,12H,5,8,11,16H2. The van der Waals surface area contributed by atoms with E-state index in [4.69, 9.17) is 5.73 Å². The summed E-state index contributed by atoms with van der Waals surface area (Å²) in [4.78, 5) is 0.306. The highest BCUT2D eigenvalue weighted by molar-refractivity contribution is 7.91. The largest absolute Gasteiger partial charge is 0.399 e. The fourth-order valence-corrected chi connectivity index (χ4v) is 3.30. The van der Waals surface area contributed by atoms with Gasteiger partial charge in [-0.3, -0.25) is 0 Å². The predicted molar refractivity (Wildman–Crippen MR) is 77.7 cm³/mol. The fraction of sp³-hybridized carbons (Fsp3) is 0.200. The van der Waals surface area contributed by atoms with Crippen molar-refractivity contribution in [3.63, 3.8) is 0 Å². The molecule has 0 amide bonds. The third kappa shape index (κ3) is 3.83. The summed E-state index contributed by atoms with van der Waals surface area (Å²) in [6, 6.07) is 16.3. The Hall–Kier alpha value is -1.81. The van der Waals surface area contributed by atoms with Crippen LogP contribution in [0.15, 0.2) is 59.5 Å². The van der Waals surface area contributed by atoms with Gasteiger partial charge in [-0.05, 0) is 36.6 Å². The van der Waals surface area contributed by atoms with E-state index in [2.05, 4.69) is 0 Å². The van der Waals surface area contributed by atoms with Crippen LogP contribution in [-0.4, -0.2) is 14.2 Å². The normalized spacial score (nSPS) is 11.4. The van der Waals surface area contributed by atoms with Crippen molar-refractivity contribution in [1.29, 1.82) is 0 Å². The van der Waals surface area contributed by atoms with Crippen LogP contribution in [0.2, 0.25) is 0 Å². The highest BCUT2D eigenvalue weighted by Crippen LogP contribution is 2.16. The van der Waals surface area contributed by atoms with Gasteiger partial charge in [0.1, 0.15) is 0 Å². The first-order valence-corrected chi connectivity index (χ1v) is 7.85. The Morgan fingerprint density at radius 3 is 2.37 bits per heavy atom. The molecule has 0 spiro atoms. The second-order valence-corrected chi connectivity index (χ2v) is 6.59. The molecule has 3 nitrogen and oxygen atoms in total. The van der Waals surface area contributed by atoms with Gasteiger partial charge in [-0.1, -0.05) is 36.4 Å². The summed E-state index contributed by atoms with van der Waals surface area (Å²) >= 11 is 0. The Morgan fingerprint density at radius 2 is 1.68 bits per heavy atom. The van der Waals surface area contributed by atoms with Crippen LogP contribution in [0.4, 0.5) is 5.69 Å². The number of nitrogen functional groups attached to an aromatic ring is 1. The van der Waals surface area contributed by atoms with Crippen molar-refractivity contribution in [1.82, 2.24) is 0 Å². The summed E-state index contributed by atoms with van der Waals surface area (Å²) in [6.07, 6.45) is 1.38. The number of rotatable bonds is 5. The second kappa shape index (κ2) is 5.89. The molecule has 0 saturated carbocycles. The smallest absolute Gasteiger partial charge is 0.178 e. The van der Waals surface area contributed by atoms with Gasteiger partial charge in [0.15, 0.2) is 9.84 Å². The van der Waals surface area contributed by atoms with E-state index in [0.717, 1.165) is 12.0 Å². The number of hydrogen-bond donors (Lipinski definition) is 1. The minimum atomic E-state index is -3.23. The molecule has 100 valence electrons. The SMILES string of the molecule is Nc1cccc(S(=O)(=O)CCCc2ccccc2)c1. The Kier molecular flexibility index (Phi) is 4.22. The van der Waals surface area contributed by atoms with Gasteiger partial charge in [0.2, 0.25) is 0 Å².